The van der Waals surface area contributed by atoms with Crippen LogP contribution in [0.4, 0.5) is 0 Å². The zero-order valence-electron chi connectivity index (χ0n) is 10.6. The Morgan fingerprint density at radius 3 is 2.44 bits per heavy atom. The van der Waals surface area contributed by atoms with Crippen LogP contribution in [0.2, 0.25) is 0 Å². The molecular weight excluding hydrogens is 256 g/mol. The number of carbonyl (C=O) groups excluding carboxylic acids is 1. The average Bonchev–Trinajstić information content (AvgIpc) is 3.11. The van der Waals surface area contributed by atoms with Crippen LogP contribution in [0.15, 0.2) is 30.3 Å². The van der Waals surface area contributed by atoms with Crippen LogP contribution in [0, 0.1) is 0 Å². The number of carboxylic acid groups (broad SMARTS) is 1. The first-order valence-electron chi connectivity index (χ1n) is 6.12. The van der Waals surface area contributed by atoms with Crippen LogP contribution in [0.3, 0.4) is 0 Å². The maximum atomic E-state index is 10.7. The third kappa shape index (κ3) is 4.54. The second-order valence-electron chi connectivity index (χ2n) is 4.62. The molecule has 0 N–H and O–H groups in total. The number of carbonyl (C=O) groups is 1. The van der Waals surface area contributed by atoms with Crippen LogP contribution >= 0.6 is 0 Å². The molecule has 94 valence electrons. The summed E-state index contributed by atoms with van der Waals surface area (Å²) in [5.41, 5.74) is 0.400. The fraction of sp³-hybridized carbons (Fsp3) is 0.500. The quantitative estimate of drug-likeness (QED) is 0.422. The molecule has 1 aromatic rings. The maximum Gasteiger partial charge on any atom is 0.131 e. The van der Waals surface area contributed by atoms with Gasteiger partial charge in [0.05, 0.1) is 12.6 Å². The van der Waals surface area contributed by atoms with Crippen molar-refractivity contribution >= 4 is 43.7 Å². The molecule has 1 aliphatic heterocycles. The van der Waals surface area contributed by atoms with Gasteiger partial charge in [0, 0.05) is 37.7 Å². The van der Waals surface area contributed by atoms with E-state index in [1.165, 1.54) is 5.56 Å². The molecule has 0 aromatic heterocycles. The van der Waals surface area contributed by atoms with E-state index in [2.05, 4.69) is 12.1 Å². The van der Waals surface area contributed by atoms with Crippen molar-refractivity contribution in [1.29, 1.82) is 0 Å². The number of benzene rings is 1. The first-order valence-corrected chi connectivity index (χ1v) is 6.12. The van der Waals surface area contributed by atoms with E-state index in [0.29, 0.717) is 13.0 Å². The van der Waals surface area contributed by atoms with E-state index < -0.39 is 11.6 Å². The largest absolute Gasteiger partial charge is 0.547 e. The molecular formula is C14H17CaO3-. The number of rotatable bonds is 7. The van der Waals surface area contributed by atoms with Crippen LogP contribution in [0.5, 0.6) is 0 Å². The first-order chi connectivity index (χ1) is 8.23. The molecule has 0 aliphatic carbocycles. The zero-order chi connectivity index (χ0) is 12.1. The zero-order valence-corrected chi connectivity index (χ0v) is 12.8. The van der Waals surface area contributed by atoms with Crippen molar-refractivity contribution in [3.8, 4) is 0 Å². The van der Waals surface area contributed by atoms with Crippen molar-refractivity contribution in [2.45, 2.75) is 37.7 Å². The van der Waals surface area contributed by atoms with E-state index >= 15 is 0 Å². The predicted molar refractivity (Wildman–Crippen MR) is 68.1 cm³/mol. The standard InChI is InChI=1S/C14H18O3.Ca/c15-13(16)14(11-17-14)10-6-2-5-9-12-7-3-1-4-8-12;/h1,3-4,7-8H,2,5-6,9-11H2,(H,15,16);/p-1. The van der Waals surface area contributed by atoms with E-state index in [1.54, 1.807) is 0 Å². The van der Waals surface area contributed by atoms with Gasteiger partial charge in [0.2, 0.25) is 0 Å². The van der Waals surface area contributed by atoms with Gasteiger partial charge in [0.25, 0.3) is 0 Å². The molecule has 18 heavy (non-hydrogen) atoms. The van der Waals surface area contributed by atoms with Crippen molar-refractivity contribution in [3.63, 3.8) is 0 Å². The van der Waals surface area contributed by atoms with E-state index in [9.17, 15) is 9.90 Å². The summed E-state index contributed by atoms with van der Waals surface area (Å²) in [6.45, 7) is 0.327. The van der Waals surface area contributed by atoms with E-state index in [4.69, 9.17) is 4.74 Å². The number of aliphatic carboxylic acids is 1. The molecule has 1 saturated heterocycles. The molecule has 0 saturated carbocycles. The summed E-state index contributed by atoms with van der Waals surface area (Å²) < 4.78 is 4.96. The van der Waals surface area contributed by atoms with Crippen molar-refractivity contribution < 1.29 is 14.6 Å². The second kappa shape index (κ2) is 7.49. The number of unbranched alkanes of at least 4 members (excludes halogenated alkanes) is 2. The van der Waals surface area contributed by atoms with Crippen molar-refractivity contribution in [3.05, 3.63) is 35.9 Å². The van der Waals surface area contributed by atoms with Gasteiger partial charge in [-0.05, 0) is 24.8 Å². The Labute approximate surface area is 138 Å². The molecule has 1 atom stereocenters. The van der Waals surface area contributed by atoms with Gasteiger partial charge in [0.15, 0.2) is 0 Å². The van der Waals surface area contributed by atoms with E-state index in [0.717, 1.165) is 25.7 Å². The van der Waals surface area contributed by atoms with Crippen LogP contribution in [-0.2, 0) is 16.0 Å². The van der Waals surface area contributed by atoms with Gasteiger partial charge in [-0.1, -0.05) is 43.2 Å². The third-order valence-electron chi connectivity index (χ3n) is 3.25. The van der Waals surface area contributed by atoms with Gasteiger partial charge in [-0.25, -0.2) is 0 Å². The molecule has 0 spiro atoms. The predicted octanol–water partition coefficient (Wildman–Crippen LogP) is 0.928. The Morgan fingerprint density at radius 2 is 1.89 bits per heavy atom. The van der Waals surface area contributed by atoms with Gasteiger partial charge < -0.3 is 14.6 Å². The Bertz CT molecular complexity index is 374. The Balaban J connectivity index is 0.00000162. The summed E-state index contributed by atoms with van der Waals surface area (Å²) in [5.74, 6) is -1.06. The molecule has 1 fully saturated rings. The minimum Gasteiger partial charge on any atom is -0.547 e. The normalized spacial score (nSPS) is 21.1. The molecule has 1 aliphatic rings. The Hall–Kier alpha value is -0.0903. The van der Waals surface area contributed by atoms with E-state index in [1.807, 2.05) is 18.2 Å². The third-order valence-corrected chi connectivity index (χ3v) is 3.25. The minimum atomic E-state index is -1.06. The maximum absolute atomic E-state index is 10.7. The molecule has 2 rings (SSSR count). The molecule has 4 heteroatoms. The topological polar surface area (TPSA) is 52.7 Å². The molecule has 1 aromatic carbocycles. The second-order valence-corrected chi connectivity index (χ2v) is 4.62. The monoisotopic (exact) mass is 273 g/mol. The molecule has 0 bridgehead atoms. The van der Waals surface area contributed by atoms with Crippen LogP contribution in [-0.4, -0.2) is 55.9 Å². The van der Waals surface area contributed by atoms with E-state index in [-0.39, 0.29) is 37.7 Å². The minimum absolute atomic E-state index is 0. The number of hydrogen-bond donors (Lipinski definition) is 0. The smallest absolute Gasteiger partial charge is 0.131 e. The molecule has 0 amide bonds. The average molecular weight is 273 g/mol. The summed E-state index contributed by atoms with van der Waals surface area (Å²) >= 11 is 0. The molecule has 2 radical (unpaired) electrons. The number of hydrogen-bond acceptors (Lipinski definition) is 3. The van der Waals surface area contributed by atoms with Gasteiger partial charge in [-0.3, -0.25) is 0 Å². The summed E-state index contributed by atoms with van der Waals surface area (Å²) in [4.78, 5) is 10.7. The Morgan fingerprint density at radius 1 is 1.22 bits per heavy atom. The van der Waals surface area contributed by atoms with Gasteiger partial charge in [-0.15, -0.1) is 0 Å². The first kappa shape index (κ1) is 16.0. The summed E-state index contributed by atoms with van der Waals surface area (Å²) in [6, 6.07) is 10.3. The van der Waals surface area contributed by atoms with Crippen LogP contribution < -0.4 is 5.11 Å². The van der Waals surface area contributed by atoms with Crippen LogP contribution in [0.1, 0.15) is 31.2 Å². The summed E-state index contributed by atoms with van der Waals surface area (Å²) in [6.07, 6.45) is 4.66. The van der Waals surface area contributed by atoms with Crippen molar-refractivity contribution in [2.24, 2.45) is 0 Å². The SMILES string of the molecule is O=C([O-])C1(CCCCCc2ccccc2)CO1.[Ca]. The number of carboxylic acids is 1. The fourth-order valence-corrected chi connectivity index (χ4v) is 2.01. The molecule has 3 nitrogen and oxygen atoms in total. The number of epoxide rings is 1. The Kier molecular flexibility index (Phi) is 6.64. The summed E-state index contributed by atoms with van der Waals surface area (Å²) in [7, 11) is 0. The van der Waals surface area contributed by atoms with Gasteiger partial charge in [-0.2, -0.15) is 0 Å². The van der Waals surface area contributed by atoms with Crippen molar-refractivity contribution in [1.82, 2.24) is 0 Å². The number of aryl methyl sites for hydroxylation is 1. The number of ether oxygens (including phenoxy) is 1. The van der Waals surface area contributed by atoms with Gasteiger partial charge >= 0.3 is 0 Å². The molecule has 1 heterocycles. The van der Waals surface area contributed by atoms with Gasteiger partial charge in [0.1, 0.15) is 5.60 Å². The van der Waals surface area contributed by atoms with Crippen LogP contribution in [0.25, 0.3) is 0 Å². The van der Waals surface area contributed by atoms with Crippen molar-refractivity contribution in [2.75, 3.05) is 6.61 Å². The fourth-order valence-electron chi connectivity index (χ4n) is 2.01. The molecule has 1 unspecified atom stereocenters. The summed E-state index contributed by atoms with van der Waals surface area (Å²) in [5, 5.41) is 10.7.